The molecule has 0 spiro atoms. The molecule has 0 amide bonds. The van der Waals surface area contributed by atoms with Crippen molar-refractivity contribution in [1.29, 1.82) is 0 Å². The highest BCUT2D eigenvalue weighted by molar-refractivity contribution is 7.80. The summed E-state index contributed by atoms with van der Waals surface area (Å²) in [6.07, 6.45) is 3.97. The molecule has 1 aromatic carbocycles. The van der Waals surface area contributed by atoms with Gasteiger partial charge in [-0.3, -0.25) is 4.98 Å². The Hall–Kier alpha value is -3.23. The van der Waals surface area contributed by atoms with Crippen LogP contribution in [0.25, 0.3) is 11.3 Å². The molecule has 1 N–H and O–H groups in total. The quantitative estimate of drug-likeness (QED) is 0.429. The molecule has 8 heteroatoms. The first kappa shape index (κ1) is 21.6. The molecule has 33 heavy (non-hydrogen) atoms. The predicted molar refractivity (Wildman–Crippen MR) is 127 cm³/mol. The van der Waals surface area contributed by atoms with E-state index in [-0.39, 0.29) is 18.2 Å². The highest BCUT2D eigenvalue weighted by atomic mass is 32.1. The summed E-state index contributed by atoms with van der Waals surface area (Å²) in [7, 11) is 1.37. The molecule has 2 aliphatic heterocycles. The number of benzene rings is 1. The Kier molecular flexibility index (Phi) is 6.11. The van der Waals surface area contributed by atoms with Crippen LogP contribution in [0.4, 0.5) is 0 Å². The second kappa shape index (κ2) is 9.33. The van der Waals surface area contributed by atoms with Gasteiger partial charge in [0.05, 0.1) is 30.5 Å². The molecule has 7 nitrogen and oxygen atoms in total. The number of esters is 1. The second-order valence-corrected chi connectivity index (χ2v) is 8.54. The fraction of sp³-hybridized carbons (Fsp3) is 0.320. The monoisotopic (exact) mass is 463 g/mol. The summed E-state index contributed by atoms with van der Waals surface area (Å²) in [6.45, 7) is 1.46. The van der Waals surface area contributed by atoms with E-state index in [4.69, 9.17) is 26.1 Å². The lowest BCUT2D eigenvalue weighted by Gasteiger charge is -2.28. The first-order valence-electron chi connectivity index (χ1n) is 11.0. The third-order valence-electron chi connectivity index (χ3n) is 6.14. The standard InChI is InChI=1S/C25H25N3O4S/c1-30-24(29)18-9-3-2-8-17(18)20-11-12-21(32-20)23-22(19-10-4-5-13-26-19)27-25(33)28(23)15-16-7-6-14-31-16/h2-5,8-13,16,22-23H,6-7,14-15H2,1H3,(H,27,33)/t16-,22+,23-/m1/s1. The van der Waals surface area contributed by atoms with E-state index in [1.165, 1.54) is 7.11 Å². The van der Waals surface area contributed by atoms with Gasteiger partial charge in [0.25, 0.3) is 0 Å². The summed E-state index contributed by atoms with van der Waals surface area (Å²) >= 11 is 5.73. The van der Waals surface area contributed by atoms with E-state index in [9.17, 15) is 4.79 Å². The molecule has 2 saturated heterocycles. The van der Waals surface area contributed by atoms with Crippen molar-refractivity contribution < 1.29 is 18.7 Å². The van der Waals surface area contributed by atoms with Crippen LogP contribution < -0.4 is 5.32 Å². The molecule has 2 aromatic heterocycles. The number of thiocarbonyl (C=S) groups is 1. The highest BCUT2D eigenvalue weighted by Gasteiger charge is 2.43. The largest absolute Gasteiger partial charge is 0.465 e. The Labute approximate surface area is 197 Å². The zero-order chi connectivity index (χ0) is 22.8. The lowest BCUT2D eigenvalue weighted by atomic mass is 10.0. The van der Waals surface area contributed by atoms with Crippen molar-refractivity contribution in [2.45, 2.75) is 31.0 Å². The highest BCUT2D eigenvalue weighted by Crippen LogP contribution is 2.41. The van der Waals surface area contributed by atoms with Crippen LogP contribution in [0.2, 0.25) is 0 Å². The van der Waals surface area contributed by atoms with E-state index < -0.39 is 5.97 Å². The van der Waals surface area contributed by atoms with Crippen LogP contribution in [0.15, 0.2) is 65.2 Å². The Bertz CT molecular complexity index is 1140. The molecule has 5 rings (SSSR count). The van der Waals surface area contributed by atoms with Gasteiger partial charge in [-0.15, -0.1) is 0 Å². The molecular weight excluding hydrogens is 438 g/mol. The molecule has 2 aliphatic rings. The number of rotatable bonds is 6. The summed E-state index contributed by atoms with van der Waals surface area (Å²) in [4.78, 5) is 19.0. The SMILES string of the molecule is COC(=O)c1ccccc1-c1ccc([C@@H]2[C@H](c3ccccn3)NC(=S)N2C[C@H]2CCCO2)o1. The molecule has 0 aliphatic carbocycles. The molecule has 0 unspecified atom stereocenters. The van der Waals surface area contributed by atoms with Crippen LogP contribution in [-0.4, -0.2) is 47.3 Å². The summed E-state index contributed by atoms with van der Waals surface area (Å²) in [5, 5.41) is 4.09. The van der Waals surface area contributed by atoms with E-state index in [1.54, 1.807) is 18.3 Å². The topological polar surface area (TPSA) is 76.8 Å². The number of aromatic nitrogens is 1. The number of ether oxygens (including phenoxy) is 2. The molecule has 170 valence electrons. The molecule has 0 saturated carbocycles. The van der Waals surface area contributed by atoms with Gasteiger partial charge in [-0.2, -0.15) is 0 Å². The van der Waals surface area contributed by atoms with Crippen molar-refractivity contribution in [3.05, 3.63) is 77.8 Å². The van der Waals surface area contributed by atoms with Crippen molar-refractivity contribution in [1.82, 2.24) is 15.2 Å². The average molecular weight is 464 g/mol. The normalized spacial score (nSPS) is 22.4. The van der Waals surface area contributed by atoms with Crippen molar-refractivity contribution in [2.24, 2.45) is 0 Å². The fourth-order valence-corrected chi connectivity index (χ4v) is 4.88. The molecule has 4 heterocycles. The summed E-state index contributed by atoms with van der Waals surface area (Å²) in [5.74, 6) is 0.935. The van der Waals surface area contributed by atoms with Crippen LogP contribution in [0, 0.1) is 0 Å². The third-order valence-corrected chi connectivity index (χ3v) is 6.49. The minimum absolute atomic E-state index is 0.129. The molecule has 0 radical (unpaired) electrons. The zero-order valence-electron chi connectivity index (χ0n) is 18.3. The van der Waals surface area contributed by atoms with Crippen LogP contribution in [0.5, 0.6) is 0 Å². The van der Waals surface area contributed by atoms with Gasteiger partial charge >= 0.3 is 5.97 Å². The smallest absolute Gasteiger partial charge is 0.338 e. The number of hydrogen-bond donors (Lipinski definition) is 1. The molecule has 3 atom stereocenters. The average Bonchev–Trinajstić information content (AvgIpc) is 3.61. The Morgan fingerprint density at radius 3 is 2.82 bits per heavy atom. The van der Waals surface area contributed by atoms with Gasteiger partial charge in [-0.25, -0.2) is 4.79 Å². The van der Waals surface area contributed by atoms with Crippen molar-refractivity contribution in [3.8, 4) is 11.3 Å². The van der Waals surface area contributed by atoms with Crippen molar-refractivity contribution in [2.75, 3.05) is 20.3 Å². The Balaban J connectivity index is 1.52. The number of methoxy groups -OCH3 is 1. The molecular formula is C25H25N3O4S. The molecule has 0 bridgehead atoms. The first-order valence-corrected chi connectivity index (χ1v) is 11.4. The van der Waals surface area contributed by atoms with Gasteiger partial charge in [0.2, 0.25) is 0 Å². The summed E-state index contributed by atoms with van der Waals surface area (Å²) < 4.78 is 17.2. The van der Waals surface area contributed by atoms with E-state index in [2.05, 4.69) is 15.2 Å². The maximum Gasteiger partial charge on any atom is 0.338 e. The Morgan fingerprint density at radius 2 is 2.06 bits per heavy atom. The summed E-state index contributed by atoms with van der Waals surface area (Å²) in [6, 6.07) is 16.6. The molecule has 2 fully saturated rings. The van der Waals surface area contributed by atoms with E-state index in [0.717, 1.165) is 30.9 Å². The van der Waals surface area contributed by atoms with Gasteiger partial charge in [-0.1, -0.05) is 24.3 Å². The fourth-order valence-electron chi connectivity index (χ4n) is 4.56. The van der Waals surface area contributed by atoms with Crippen LogP contribution >= 0.6 is 12.2 Å². The lowest BCUT2D eigenvalue weighted by Crippen LogP contribution is -2.36. The number of hydrogen-bond acceptors (Lipinski definition) is 6. The number of furan rings is 1. The molecule has 3 aromatic rings. The maximum atomic E-state index is 12.3. The van der Waals surface area contributed by atoms with Gasteiger partial charge < -0.3 is 24.1 Å². The minimum Gasteiger partial charge on any atom is -0.465 e. The lowest BCUT2D eigenvalue weighted by molar-refractivity contribution is 0.0601. The van der Waals surface area contributed by atoms with Gasteiger partial charge in [0.15, 0.2) is 5.11 Å². The van der Waals surface area contributed by atoms with Gasteiger partial charge in [0.1, 0.15) is 17.6 Å². The van der Waals surface area contributed by atoms with E-state index >= 15 is 0 Å². The first-order chi connectivity index (χ1) is 16.2. The Morgan fingerprint density at radius 1 is 1.21 bits per heavy atom. The van der Waals surface area contributed by atoms with Crippen LogP contribution in [0.1, 0.15) is 46.7 Å². The van der Waals surface area contributed by atoms with Gasteiger partial charge in [0, 0.05) is 24.9 Å². The number of carbonyl (C=O) groups excluding carboxylic acids is 1. The van der Waals surface area contributed by atoms with Crippen molar-refractivity contribution >= 4 is 23.3 Å². The van der Waals surface area contributed by atoms with E-state index in [1.807, 2.05) is 42.5 Å². The van der Waals surface area contributed by atoms with Crippen molar-refractivity contribution in [3.63, 3.8) is 0 Å². The maximum absolute atomic E-state index is 12.3. The van der Waals surface area contributed by atoms with Crippen LogP contribution in [0.3, 0.4) is 0 Å². The zero-order valence-corrected chi connectivity index (χ0v) is 19.1. The van der Waals surface area contributed by atoms with Gasteiger partial charge in [-0.05, 0) is 55.4 Å². The van der Waals surface area contributed by atoms with Crippen LogP contribution in [-0.2, 0) is 9.47 Å². The predicted octanol–water partition coefficient (Wildman–Crippen LogP) is 4.28. The summed E-state index contributed by atoms with van der Waals surface area (Å²) in [5.41, 5.74) is 2.02. The number of pyridine rings is 1. The minimum atomic E-state index is -0.404. The number of nitrogens with one attached hydrogen (secondary N) is 1. The number of nitrogens with zero attached hydrogens (tertiary/aromatic N) is 2. The van der Waals surface area contributed by atoms with E-state index in [0.29, 0.717) is 28.5 Å². The second-order valence-electron chi connectivity index (χ2n) is 8.15. The number of carbonyl (C=O) groups is 1. The third kappa shape index (κ3) is 4.24.